The molecule has 0 bridgehead atoms. The molecule has 1 heterocycles. The maximum Gasteiger partial charge on any atom is 0.270 e. The average Bonchev–Trinajstić information content (AvgIpc) is 3.01. The topological polar surface area (TPSA) is 20.3 Å². The highest BCUT2D eigenvalue weighted by Crippen LogP contribution is 2.38. The van der Waals surface area contributed by atoms with Crippen molar-refractivity contribution in [2.75, 3.05) is 4.90 Å². The van der Waals surface area contributed by atoms with Gasteiger partial charge in [0.1, 0.15) is 0 Å². The van der Waals surface area contributed by atoms with E-state index < -0.39 is 0 Å². The third-order valence-corrected chi connectivity index (χ3v) is 6.20. The van der Waals surface area contributed by atoms with E-state index in [-0.39, 0.29) is 5.91 Å². The lowest BCUT2D eigenvalue weighted by atomic mass is 9.96. The van der Waals surface area contributed by atoms with Crippen LogP contribution in [0.4, 0.5) is 5.69 Å². The van der Waals surface area contributed by atoms with Crippen molar-refractivity contribution in [1.82, 2.24) is 0 Å². The van der Waals surface area contributed by atoms with E-state index >= 15 is 0 Å². The standard InChI is InChI=1S/C24H15NOS2/c26-23-22(28-24(27)25(23)18-10-2-1-3-11-18)15-21-19-12-6-4-8-16(19)14-17-9-5-7-13-20(17)21/h1-15H/b22-15-. The quantitative estimate of drug-likeness (QED) is 0.222. The summed E-state index contributed by atoms with van der Waals surface area (Å²) < 4.78 is 0.562. The van der Waals surface area contributed by atoms with Gasteiger partial charge in [-0.1, -0.05) is 90.7 Å². The van der Waals surface area contributed by atoms with Crippen LogP contribution < -0.4 is 4.90 Å². The first-order chi connectivity index (χ1) is 13.7. The van der Waals surface area contributed by atoms with Crippen molar-refractivity contribution in [3.8, 4) is 0 Å². The molecule has 1 aliphatic heterocycles. The third kappa shape index (κ3) is 2.82. The van der Waals surface area contributed by atoms with Crippen LogP contribution in [0.5, 0.6) is 0 Å². The monoisotopic (exact) mass is 397 g/mol. The van der Waals surface area contributed by atoms with E-state index in [0.717, 1.165) is 32.8 Å². The lowest BCUT2D eigenvalue weighted by Gasteiger charge is -2.14. The maximum absolute atomic E-state index is 13.1. The highest BCUT2D eigenvalue weighted by atomic mass is 32.2. The number of nitrogens with zero attached hydrogens (tertiary/aromatic N) is 1. The summed E-state index contributed by atoms with van der Waals surface area (Å²) in [6.07, 6.45) is 1.99. The molecule has 1 aliphatic rings. The Bertz CT molecular complexity index is 1220. The van der Waals surface area contributed by atoms with Crippen LogP contribution in [0.2, 0.25) is 0 Å². The van der Waals surface area contributed by atoms with Gasteiger partial charge in [-0.2, -0.15) is 0 Å². The van der Waals surface area contributed by atoms with Crippen LogP contribution in [0, 0.1) is 0 Å². The first-order valence-corrected chi connectivity index (χ1v) is 10.2. The summed E-state index contributed by atoms with van der Waals surface area (Å²) >= 11 is 6.87. The van der Waals surface area contributed by atoms with Crippen molar-refractivity contribution >= 4 is 67.5 Å². The van der Waals surface area contributed by atoms with Gasteiger partial charge < -0.3 is 0 Å². The summed E-state index contributed by atoms with van der Waals surface area (Å²) in [5.41, 5.74) is 1.86. The van der Waals surface area contributed by atoms with Crippen LogP contribution in [0.25, 0.3) is 27.6 Å². The molecule has 1 saturated heterocycles. The number of hydrogen-bond donors (Lipinski definition) is 0. The van der Waals surface area contributed by atoms with Crippen molar-refractivity contribution < 1.29 is 4.79 Å². The lowest BCUT2D eigenvalue weighted by Crippen LogP contribution is -2.27. The number of thioether (sulfide) groups is 1. The second-order valence-corrected chi connectivity index (χ2v) is 8.26. The van der Waals surface area contributed by atoms with E-state index in [1.807, 2.05) is 60.7 Å². The summed E-state index contributed by atoms with van der Waals surface area (Å²) in [5, 5.41) is 4.58. The highest BCUT2D eigenvalue weighted by molar-refractivity contribution is 8.27. The Morgan fingerprint density at radius 3 is 2.00 bits per heavy atom. The summed E-state index contributed by atoms with van der Waals surface area (Å²) in [6, 6.07) is 28.3. The SMILES string of the molecule is O=C1/C(=C/c2c3ccccc3cc3ccccc23)SC(=S)N1c1ccccc1. The van der Waals surface area contributed by atoms with E-state index in [9.17, 15) is 4.79 Å². The van der Waals surface area contributed by atoms with Gasteiger partial charge in [-0.3, -0.25) is 9.69 Å². The number of hydrogen-bond acceptors (Lipinski definition) is 3. The van der Waals surface area contributed by atoms with Crippen LogP contribution >= 0.6 is 24.0 Å². The molecule has 4 aromatic carbocycles. The number of amides is 1. The summed E-state index contributed by atoms with van der Waals surface area (Å²) in [4.78, 5) is 15.4. The molecule has 0 saturated carbocycles. The molecule has 28 heavy (non-hydrogen) atoms. The van der Waals surface area contributed by atoms with E-state index in [0.29, 0.717) is 9.23 Å². The number of para-hydroxylation sites is 1. The number of carbonyl (C=O) groups is 1. The third-order valence-electron chi connectivity index (χ3n) is 4.90. The molecule has 1 amide bonds. The van der Waals surface area contributed by atoms with Gasteiger partial charge in [0.05, 0.1) is 10.6 Å². The molecule has 0 unspecified atom stereocenters. The first-order valence-electron chi connectivity index (χ1n) is 8.96. The van der Waals surface area contributed by atoms with Crippen LogP contribution in [0.3, 0.4) is 0 Å². The number of anilines is 1. The fourth-order valence-electron chi connectivity index (χ4n) is 3.60. The highest BCUT2D eigenvalue weighted by Gasteiger charge is 2.33. The molecule has 134 valence electrons. The first kappa shape index (κ1) is 17.2. The number of fused-ring (bicyclic) bond motifs is 2. The molecule has 1 fully saturated rings. The summed E-state index contributed by atoms with van der Waals surface area (Å²) in [5.74, 6) is -0.0711. The Kier molecular flexibility index (Phi) is 4.23. The molecule has 0 aromatic heterocycles. The fourth-order valence-corrected chi connectivity index (χ4v) is 4.88. The zero-order valence-electron chi connectivity index (χ0n) is 14.8. The van der Waals surface area contributed by atoms with E-state index in [1.54, 1.807) is 4.90 Å². The van der Waals surface area contributed by atoms with Crippen LogP contribution in [0.15, 0.2) is 89.8 Å². The normalized spacial score (nSPS) is 15.9. The van der Waals surface area contributed by atoms with Crippen LogP contribution in [-0.4, -0.2) is 10.2 Å². The smallest absolute Gasteiger partial charge is 0.268 e. The number of rotatable bonds is 2. The van der Waals surface area contributed by atoms with Crippen LogP contribution in [0.1, 0.15) is 5.56 Å². The van der Waals surface area contributed by atoms with Gasteiger partial charge in [-0.15, -0.1) is 0 Å². The van der Waals surface area contributed by atoms with Crippen LogP contribution in [-0.2, 0) is 4.79 Å². The van der Waals surface area contributed by atoms with Crippen molar-refractivity contribution in [3.63, 3.8) is 0 Å². The Morgan fingerprint density at radius 2 is 1.36 bits per heavy atom. The summed E-state index contributed by atoms with van der Waals surface area (Å²) in [6.45, 7) is 0. The van der Waals surface area contributed by atoms with Gasteiger partial charge in [0.2, 0.25) is 0 Å². The van der Waals surface area contributed by atoms with Gasteiger partial charge in [-0.25, -0.2) is 0 Å². The number of benzene rings is 4. The van der Waals surface area contributed by atoms with Gasteiger partial charge in [0, 0.05) is 0 Å². The number of carbonyl (C=O) groups excluding carboxylic acids is 1. The zero-order chi connectivity index (χ0) is 19.1. The van der Waals surface area contributed by atoms with Crippen molar-refractivity contribution in [1.29, 1.82) is 0 Å². The van der Waals surface area contributed by atoms with E-state index in [4.69, 9.17) is 12.2 Å². The minimum Gasteiger partial charge on any atom is -0.268 e. The second kappa shape index (κ2) is 6.89. The number of thiocarbonyl (C=S) groups is 1. The molecule has 2 nitrogen and oxygen atoms in total. The molecule has 4 aromatic rings. The molecular formula is C24H15NOS2. The summed E-state index contributed by atoms with van der Waals surface area (Å²) in [7, 11) is 0. The van der Waals surface area contributed by atoms with Gasteiger partial charge in [0.25, 0.3) is 5.91 Å². The lowest BCUT2D eigenvalue weighted by molar-refractivity contribution is -0.113. The van der Waals surface area contributed by atoms with Crippen molar-refractivity contribution in [3.05, 3.63) is 95.4 Å². The van der Waals surface area contributed by atoms with Gasteiger partial charge in [0.15, 0.2) is 4.32 Å². The predicted octanol–water partition coefficient (Wildman–Crippen LogP) is 6.40. The molecule has 0 aliphatic carbocycles. The average molecular weight is 398 g/mol. The van der Waals surface area contributed by atoms with E-state index in [2.05, 4.69) is 30.3 Å². The second-order valence-electron chi connectivity index (χ2n) is 6.59. The Balaban J connectivity index is 1.70. The zero-order valence-corrected chi connectivity index (χ0v) is 16.5. The Morgan fingerprint density at radius 1 is 0.786 bits per heavy atom. The molecule has 0 spiro atoms. The molecule has 0 N–H and O–H groups in total. The predicted molar refractivity (Wildman–Crippen MR) is 124 cm³/mol. The van der Waals surface area contributed by atoms with Crippen molar-refractivity contribution in [2.45, 2.75) is 0 Å². The fraction of sp³-hybridized carbons (Fsp3) is 0. The largest absolute Gasteiger partial charge is 0.270 e. The molecule has 0 atom stereocenters. The Hall–Kier alpha value is -2.95. The van der Waals surface area contributed by atoms with Crippen molar-refractivity contribution in [2.24, 2.45) is 0 Å². The minimum absolute atomic E-state index is 0.0711. The molecule has 5 rings (SSSR count). The molecule has 4 heteroatoms. The van der Waals surface area contributed by atoms with Gasteiger partial charge in [-0.05, 0) is 51.4 Å². The maximum atomic E-state index is 13.1. The molecular weight excluding hydrogens is 382 g/mol. The molecule has 0 radical (unpaired) electrons. The minimum atomic E-state index is -0.0711. The van der Waals surface area contributed by atoms with E-state index in [1.165, 1.54) is 11.8 Å². The Labute approximate surface area is 172 Å². The van der Waals surface area contributed by atoms with Gasteiger partial charge >= 0.3 is 0 Å².